The molecule has 1 aliphatic carbocycles. The average Bonchev–Trinajstić information content (AvgIpc) is 0.842. The molecule has 3 saturated heterocycles. The lowest BCUT2D eigenvalue weighted by Crippen LogP contribution is -2.61. The highest BCUT2D eigenvalue weighted by molar-refractivity contribution is 6.39. The number of oxime groups is 1. The number of ketones is 2. The number of rotatable bonds is 14. The number of carbonyl (C=O) groups excluding carboxylic acids is 4. The molecule has 7 rings (SSSR count). The third kappa shape index (κ3) is 19.4. The van der Waals surface area contributed by atoms with E-state index in [1.807, 2.05) is 71.3 Å². The molecule has 1 amide bonds. The minimum Gasteiger partial charge on any atom is -0.460 e. The van der Waals surface area contributed by atoms with Crippen molar-refractivity contribution in [2.24, 2.45) is 40.7 Å². The molecule has 90 heavy (non-hydrogen) atoms. The number of cyclic esters (lactones) is 1. The van der Waals surface area contributed by atoms with Crippen molar-refractivity contribution in [2.45, 2.75) is 206 Å². The molecular weight excluding hydrogens is 1150 g/mol. The van der Waals surface area contributed by atoms with Crippen LogP contribution in [-0.2, 0) is 54.1 Å². The van der Waals surface area contributed by atoms with Crippen LogP contribution in [-0.4, -0.2) is 196 Å². The van der Waals surface area contributed by atoms with Crippen LogP contribution >= 0.6 is 0 Å². The van der Waals surface area contributed by atoms with Gasteiger partial charge < -0.3 is 63.6 Å². The number of hydrogen-bond donors (Lipinski definition) is 4. The highest BCUT2D eigenvalue weighted by Gasteiger charge is 2.53. The third-order valence-corrected chi connectivity index (χ3v) is 19.1. The SMILES string of the molecule is CO[C@H]1C[C@@H]2CC[C@@H](C)[C@@](O)(O2)C(=O)C(=O)N2CCCC[C@H]2C(=O)O[C@H]([C@H](C)C[C@@H]2CC[C@@H](O)[C@H](OC)C2)C[C@@H](O)[C@H](C)/C=C(\C)[C@@H](O)[C@@H](OC)C(=NOCC(=O)CCc2cnc(N3CCN(c4ncc(C)cn4)CC3)nc2)[C@H](C)C[C@H](C)/C=C/C=C/C=C/1C. The molecule has 22 nitrogen and oxygen atoms in total. The number of hydrogen-bond acceptors (Lipinski definition) is 21. The summed E-state index contributed by atoms with van der Waals surface area (Å²) in [6.07, 6.45) is 18.4. The van der Waals surface area contributed by atoms with Gasteiger partial charge in [-0.15, -0.1) is 0 Å². The normalized spacial score (nSPS) is 34.7. The zero-order valence-electron chi connectivity index (χ0n) is 55.0. The van der Waals surface area contributed by atoms with E-state index in [1.165, 1.54) is 12.0 Å². The van der Waals surface area contributed by atoms with Crippen molar-refractivity contribution in [3.8, 4) is 0 Å². The van der Waals surface area contributed by atoms with Crippen molar-refractivity contribution in [2.75, 3.05) is 70.5 Å². The van der Waals surface area contributed by atoms with Gasteiger partial charge in [0, 0.05) is 116 Å². The minimum absolute atomic E-state index is 0.00671. The van der Waals surface area contributed by atoms with Gasteiger partial charge in [-0.05, 0) is 131 Å². The number of aliphatic hydroxyl groups excluding tert-OH is 3. The van der Waals surface area contributed by atoms with Crippen LogP contribution in [0.4, 0.5) is 11.9 Å². The van der Waals surface area contributed by atoms with E-state index in [0.29, 0.717) is 100 Å². The molecule has 0 spiro atoms. The molecule has 4 N–H and O–H groups in total. The number of methoxy groups -OCH3 is 3. The van der Waals surface area contributed by atoms with Gasteiger partial charge in [-0.25, -0.2) is 24.7 Å². The van der Waals surface area contributed by atoms with Crippen molar-refractivity contribution in [1.29, 1.82) is 0 Å². The molecule has 2 aromatic rings. The number of aliphatic hydroxyl groups is 4. The van der Waals surface area contributed by atoms with Gasteiger partial charge in [0.25, 0.3) is 11.7 Å². The highest BCUT2D eigenvalue weighted by atomic mass is 16.6. The average molecular weight is 1260 g/mol. The zero-order chi connectivity index (χ0) is 65.2. The molecule has 0 unspecified atom stereocenters. The largest absolute Gasteiger partial charge is 0.460 e. The van der Waals surface area contributed by atoms with E-state index in [-0.39, 0.29) is 68.0 Å². The summed E-state index contributed by atoms with van der Waals surface area (Å²) in [7, 11) is 4.64. The highest BCUT2D eigenvalue weighted by Crippen LogP contribution is 2.38. The molecule has 2 aromatic heterocycles. The summed E-state index contributed by atoms with van der Waals surface area (Å²) in [4.78, 5) is 86.5. The van der Waals surface area contributed by atoms with E-state index in [4.69, 9.17) is 28.5 Å². The topological polar surface area (TPSA) is 278 Å². The van der Waals surface area contributed by atoms with Crippen LogP contribution in [0.2, 0.25) is 0 Å². The van der Waals surface area contributed by atoms with Crippen LogP contribution in [0.5, 0.6) is 0 Å². The number of allylic oxidation sites excluding steroid dienone is 5. The molecule has 5 aliphatic rings. The number of ether oxygens (including phenoxy) is 5. The van der Waals surface area contributed by atoms with Crippen molar-refractivity contribution in [3.05, 3.63) is 83.5 Å². The Morgan fingerprint density at radius 3 is 2.10 bits per heavy atom. The number of esters is 1. The maximum Gasteiger partial charge on any atom is 0.329 e. The van der Waals surface area contributed by atoms with Gasteiger partial charge >= 0.3 is 5.97 Å². The molecule has 4 aliphatic heterocycles. The van der Waals surface area contributed by atoms with Crippen LogP contribution in [0, 0.1) is 42.4 Å². The second-order valence-electron chi connectivity index (χ2n) is 26.1. The monoisotopic (exact) mass is 1250 g/mol. The quantitative estimate of drug-likeness (QED) is 0.0630. The molecule has 22 heteroatoms. The third-order valence-electron chi connectivity index (χ3n) is 19.1. The number of amides is 1. The lowest BCUT2D eigenvalue weighted by Gasteiger charge is -2.43. The van der Waals surface area contributed by atoms with E-state index < -0.39 is 84.1 Å². The van der Waals surface area contributed by atoms with Crippen LogP contribution in [0.3, 0.4) is 0 Å². The zero-order valence-corrected chi connectivity index (χ0v) is 55.0. The van der Waals surface area contributed by atoms with Crippen LogP contribution in [0.15, 0.2) is 77.5 Å². The maximum atomic E-state index is 14.7. The summed E-state index contributed by atoms with van der Waals surface area (Å²) in [6.45, 7) is 17.7. The fourth-order valence-electron chi connectivity index (χ4n) is 13.2. The van der Waals surface area contributed by atoms with Gasteiger partial charge in [0.1, 0.15) is 24.4 Å². The minimum atomic E-state index is -2.45. The molecule has 6 heterocycles. The first-order valence-electron chi connectivity index (χ1n) is 32.6. The van der Waals surface area contributed by atoms with E-state index in [2.05, 4.69) is 47.9 Å². The lowest BCUT2D eigenvalue weighted by molar-refractivity contribution is -0.265. The summed E-state index contributed by atoms with van der Waals surface area (Å²) in [6, 6.07) is -1.14. The van der Waals surface area contributed by atoms with Gasteiger partial charge in [0.15, 0.2) is 12.4 Å². The molecule has 2 bridgehead atoms. The van der Waals surface area contributed by atoms with E-state index in [9.17, 15) is 39.6 Å². The Kier molecular flexibility index (Phi) is 27.2. The lowest BCUT2D eigenvalue weighted by atomic mass is 9.78. The van der Waals surface area contributed by atoms with E-state index in [1.54, 1.807) is 46.5 Å². The number of carbonyl (C=O) groups is 4. The Hall–Kier alpha value is -5.85. The fraction of sp³-hybridized carbons (Fsp3) is 0.691. The first kappa shape index (κ1) is 71.6. The Morgan fingerprint density at radius 2 is 1.44 bits per heavy atom. The number of piperazine rings is 1. The second-order valence-corrected chi connectivity index (χ2v) is 26.1. The number of nitrogens with zero attached hydrogens (tertiary/aromatic N) is 8. The number of aromatic nitrogens is 4. The Labute approximate surface area is 532 Å². The number of fused-ring (bicyclic) bond motifs is 3. The standard InChI is InChI=1S/C68H102N8O14/c1-42-17-13-12-14-18-44(3)57(85-9)35-53-24-20-49(8)68(84,90-53)63(81)64(82)76-26-16-15-19-54(76)65(83)89-58(46(5)33-50-22-25-55(78)59(34-50)86-10)36-56(79)45(4)32-48(7)61(80)62(87-11)60(47(6)31-42)73-88-41-52(77)23-21-51-39-71-67(72-40-51)75-29-27-74(28-30-75)66-69-37-43(2)38-70-66/h12-14,17-18,32,37-40,42,45-47,49-50,53-59,61-62,78-80,84H,15-16,19-31,33-36,41H2,1-11H3/b14-12+,17-13+,44-18+,48-32+,73-60?/t42-,45-,46-,47-,49-,50+,53+,54+,55-,56-,57+,58+,59-,61-,62+,68-/m1/s1. The molecular formula is C68H102N8O14. The number of aryl methyl sites for hydroxylation is 2. The summed E-state index contributed by atoms with van der Waals surface area (Å²) in [5.41, 5.74) is 3.54. The maximum absolute atomic E-state index is 14.7. The molecule has 16 atom stereocenters. The Bertz CT molecular complexity index is 2810. The molecule has 498 valence electrons. The van der Waals surface area contributed by atoms with Gasteiger partial charge in [-0.1, -0.05) is 76.2 Å². The fourth-order valence-corrected chi connectivity index (χ4v) is 13.2. The summed E-state index contributed by atoms with van der Waals surface area (Å²) in [5.74, 6) is -6.06. The number of piperidine rings is 1. The van der Waals surface area contributed by atoms with Crippen LogP contribution in [0.25, 0.3) is 0 Å². The van der Waals surface area contributed by atoms with Gasteiger partial charge in [-0.3, -0.25) is 14.4 Å². The summed E-state index contributed by atoms with van der Waals surface area (Å²) < 4.78 is 30.3. The number of anilines is 2. The summed E-state index contributed by atoms with van der Waals surface area (Å²) >= 11 is 0. The number of Topliss-reactive ketones (excluding diaryl/α,β-unsaturated/α-hetero) is 2. The van der Waals surface area contributed by atoms with Crippen LogP contribution in [0.1, 0.15) is 143 Å². The van der Waals surface area contributed by atoms with Crippen LogP contribution < -0.4 is 9.80 Å². The summed E-state index contributed by atoms with van der Waals surface area (Å²) in [5, 5.41) is 51.7. The Morgan fingerprint density at radius 1 is 0.767 bits per heavy atom. The second kappa shape index (κ2) is 34.2. The van der Waals surface area contributed by atoms with Crippen molar-refractivity contribution >= 4 is 41.1 Å². The van der Waals surface area contributed by atoms with Gasteiger partial charge in [-0.2, -0.15) is 0 Å². The van der Waals surface area contributed by atoms with E-state index >= 15 is 0 Å². The first-order valence-corrected chi connectivity index (χ1v) is 32.6. The Balaban J connectivity index is 1.11. The predicted molar refractivity (Wildman–Crippen MR) is 341 cm³/mol. The molecule has 0 aromatic carbocycles. The molecule has 0 radical (unpaired) electrons. The molecule has 1 saturated carbocycles. The smallest absolute Gasteiger partial charge is 0.329 e. The van der Waals surface area contributed by atoms with Crippen molar-refractivity contribution in [3.63, 3.8) is 0 Å². The van der Waals surface area contributed by atoms with Crippen molar-refractivity contribution < 1.29 is 68.1 Å². The van der Waals surface area contributed by atoms with Crippen molar-refractivity contribution in [1.82, 2.24) is 24.8 Å². The molecule has 4 fully saturated rings. The predicted octanol–water partition coefficient (Wildman–Crippen LogP) is 7.19. The first-order chi connectivity index (χ1) is 43.0. The van der Waals surface area contributed by atoms with E-state index in [0.717, 1.165) is 36.2 Å². The van der Waals surface area contributed by atoms with Gasteiger partial charge in [0.2, 0.25) is 17.7 Å². The van der Waals surface area contributed by atoms with Gasteiger partial charge in [0.05, 0.1) is 36.2 Å².